The maximum atomic E-state index is 14.0. The van der Waals surface area contributed by atoms with Crippen LogP contribution in [-0.4, -0.2) is 35.3 Å². The van der Waals surface area contributed by atoms with Gasteiger partial charge in [-0.15, -0.1) is 0 Å². The number of likely N-dealkylation sites (tertiary alicyclic amines) is 1. The largest absolute Gasteiger partial charge is 0.382 e. The molecule has 33 heavy (non-hydrogen) atoms. The highest BCUT2D eigenvalue weighted by Crippen LogP contribution is 2.48. The average Bonchev–Trinajstić information content (AvgIpc) is 3.31. The molecule has 174 valence electrons. The summed E-state index contributed by atoms with van der Waals surface area (Å²) in [5, 5.41) is 6.98. The monoisotopic (exact) mass is 445 g/mol. The number of amides is 2. The van der Waals surface area contributed by atoms with E-state index in [2.05, 4.69) is 46.7 Å². The van der Waals surface area contributed by atoms with E-state index in [0.717, 1.165) is 51.5 Å². The second-order valence-electron chi connectivity index (χ2n) is 9.89. The molecule has 2 aromatic rings. The molecule has 0 radical (unpaired) electrons. The first kappa shape index (κ1) is 22.0. The lowest BCUT2D eigenvalue weighted by Crippen LogP contribution is -2.50. The average molecular weight is 446 g/mol. The first-order valence-electron chi connectivity index (χ1n) is 12.7. The van der Waals surface area contributed by atoms with E-state index in [-0.39, 0.29) is 29.8 Å². The van der Waals surface area contributed by atoms with Gasteiger partial charge in [0.15, 0.2) is 0 Å². The molecule has 5 nitrogen and oxygen atoms in total. The number of hydrogen-bond acceptors (Lipinski definition) is 3. The van der Waals surface area contributed by atoms with E-state index < -0.39 is 0 Å². The zero-order valence-corrected chi connectivity index (χ0v) is 19.5. The van der Waals surface area contributed by atoms with Gasteiger partial charge < -0.3 is 15.5 Å². The van der Waals surface area contributed by atoms with E-state index in [0.29, 0.717) is 17.5 Å². The van der Waals surface area contributed by atoms with Crippen LogP contribution in [0.4, 0.5) is 5.69 Å². The van der Waals surface area contributed by atoms with Gasteiger partial charge in [0.25, 0.3) is 5.91 Å². The normalized spacial score (nSPS) is 28.4. The van der Waals surface area contributed by atoms with Crippen LogP contribution in [0.1, 0.15) is 73.8 Å². The molecule has 5 rings (SSSR count). The molecule has 5 unspecified atom stereocenters. The van der Waals surface area contributed by atoms with Crippen LogP contribution in [-0.2, 0) is 4.79 Å². The third-order valence-corrected chi connectivity index (χ3v) is 7.90. The standard InChI is InChI=1S/C28H35N3O2/c1-2-10-23-21-17-18-31(26(21)20-13-6-8-15-24(20)29-23)28(33)22-14-7-9-16-25(22)30-27(32)19-11-4-3-5-12-19/h3-6,8,11-13,15,21-23,25-26,29H,2,7,9-10,14,16-18H2,1H3,(H,30,32). The number of nitrogens with one attached hydrogen (secondary N) is 2. The number of anilines is 1. The Morgan fingerprint density at radius 3 is 2.58 bits per heavy atom. The predicted octanol–water partition coefficient (Wildman–Crippen LogP) is 5.16. The van der Waals surface area contributed by atoms with Crippen molar-refractivity contribution in [3.8, 4) is 0 Å². The molecular weight excluding hydrogens is 410 g/mol. The molecule has 0 bridgehead atoms. The topological polar surface area (TPSA) is 61.4 Å². The van der Waals surface area contributed by atoms with Gasteiger partial charge in [0, 0.05) is 35.8 Å². The summed E-state index contributed by atoms with van der Waals surface area (Å²) < 4.78 is 0. The SMILES string of the molecule is CCCC1Nc2ccccc2C2C1CCN2C(=O)C1CCCCC1NC(=O)c1ccccc1. The number of rotatable bonds is 5. The molecule has 1 saturated heterocycles. The molecule has 2 heterocycles. The minimum absolute atomic E-state index is 0.0742. The Labute approximate surface area is 196 Å². The van der Waals surface area contributed by atoms with Gasteiger partial charge in [-0.1, -0.05) is 62.6 Å². The Morgan fingerprint density at radius 2 is 1.76 bits per heavy atom. The summed E-state index contributed by atoms with van der Waals surface area (Å²) in [6.45, 7) is 3.04. The van der Waals surface area contributed by atoms with Gasteiger partial charge in [-0.2, -0.15) is 0 Å². The fourth-order valence-corrected chi connectivity index (χ4v) is 6.33. The molecule has 1 aliphatic carbocycles. The van der Waals surface area contributed by atoms with Crippen molar-refractivity contribution >= 4 is 17.5 Å². The Kier molecular flexibility index (Phi) is 6.39. The van der Waals surface area contributed by atoms with Gasteiger partial charge in [-0.25, -0.2) is 0 Å². The lowest BCUT2D eigenvalue weighted by molar-refractivity contribution is -0.138. The van der Waals surface area contributed by atoms with Gasteiger partial charge in [-0.3, -0.25) is 9.59 Å². The number of nitrogens with zero attached hydrogens (tertiary/aromatic N) is 1. The molecule has 2 N–H and O–H groups in total. The summed E-state index contributed by atoms with van der Waals surface area (Å²) in [7, 11) is 0. The molecule has 0 spiro atoms. The van der Waals surface area contributed by atoms with Crippen LogP contribution in [0.15, 0.2) is 54.6 Å². The minimum atomic E-state index is -0.142. The third kappa shape index (κ3) is 4.25. The third-order valence-electron chi connectivity index (χ3n) is 7.90. The predicted molar refractivity (Wildman–Crippen MR) is 131 cm³/mol. The van der Waals surface area contributed by atoms with Gasteiger partial charge in [0.2, 0.25) is 5.91 Å². The molecule has 2 aromatic carbocycles. The lowest BCUT2D eigenvalue weighted by Gasteiger charge is -2.42. The van der Waals surface area contributed by atoms with Crippen molar-refractivity contribution in [1.29, 1.82) is 0 Å². The zero-order chi connectivity index (χ0) is 22.8. The summed E-state index contributed by atoms with van der Waals surface area (Å²) >= 11 is 0. The summed E-state index contributed by atoms with van der Waals surface area (Å²) in [5.74, 6) is 0.462. The Bertz CT molecular complexity index is 992. The summed E-state index contributed by atoms with van der Waals surface area (Å²) in [5.41, 5.74) is 3.08. The molecular formula is C28H35N3O2. The van der Waals surface area contributed by atoms with Crippen LogP contribution in [0, 0.1) is 11.8 Å². The fraction of sp³-hybridized carbons (Fsp3) is 0.500. The van der Waals surface area contributed by atoms with Crippen molar-refractivity contribution in [2.24, 2.45) is 11.8 Å². The number of benzene rings is 2. The van der Waals surface area contributed by atoms with Crippen molar-refractivity contribution in [2.75, 3.05) is 11.9 Å². The van der Waals surface area contributed by atoms with E-state index in [1.807, 2.05) is 30.3 Å². The van der Waals surface area contributed by atoms with E-state index in [1.165, 1.54) is 11.3 Å². The highest BCUT2D eigenvalue weighted by atomic mass is 16.2. The van der Waals surface area contributed by atoms with E-state index in [9.17, 15) is 9.59 Å². The molecule has 5 atom stereocenters. The molecule has 0 aromatic heterocycles. The highest BCUT2D eigenvalue weighted by molar-refractivity contribution is 5.94. The van der Waals surface area contributed by atoms with Crippen LogP contribution in [0.25, 0.3) is 0 Å². The number of fused-ring (bicyclic) bond motifs is 3. The molecule has 1 saturated carbocycles. The summed E-state index contributed by atoms with van der Waals surface area (Å²) in [6.07, 6.45) is 7.12. The second kappa shape index (κ2) is 9.58. The van der Waals surface area contributed by atoms with Crippen LogP contribution < -0.4 is 10.6 Å². The van der Waals surface area contributed by atoms with Gasteiger partial charge in [0.1, 0.15) is 0 Å². The molecule has 2 amide bonds. The zero-order valence-electron chi connectivity index (χ0n) is 19.5. The Balaban J connectivity index is 1.38. The first-order valence-corrected chi connectivity index (χ1v) is 12.7. The van der Waals surface area contributed by atoms with Crippen molar-refractivity contribution < 1.29 is 9.59 Å². The summed E-state index contributed by atoms with van der Waals surface area (Å²) in [4.78, 5) is 29.0. The fourth-order valence-electron chi connectivity index (χ4n) is 6.33. The van der Waals surface area contributed by atoms with Crippen molar-refractivity contribution in [2.45, 2.75) is 70.0 Å². The van der Waals surface area contributed by atoms with Gasteiger partial charge >= 0.3 is 0 Å². The molecule has 3 aliphatic rings. The van der Waals surface area contributed by atoms with E-state index in [1.54, 1.807) is 0 Å². The van der Waals surface area contributed by atoms with Crippen LogP contribution in [0.2, 0.25) is 0 Å². The van der Waals surface area contributed by atoms with Crippen molar-refractivity contribution in [3.05, 3.63) is 65.7 Å². The van der Waals surface area contributed by atoms with E-state index in [4.69, 9.17) is 0 Å². The number of carbonyl (C=O) groups is 2. The maximum absolute atomic E-state index is 14.0. The van der Waals surface area contributed by atoms with Crippen LogP contribution in [0.3, 0.4) is 0 Å². The lowest BCUT2D eigenvalue weighted by atomic mass is 9.80. The van der Waals surface area contributed by atoms with Crippen LogP contribution >= 0.6 is 0 Å². The quantitative estimate of drug-likeness (QED) is 0.668. The first-order chi connectivity index (χ1) is 16.2. The smallest absolute Gasteiger partial charge is 0.251 e. The van der Waals surface area contributed by atoms with E-state index >= 15 is 0 Å². The van der Waals surface area contributed by atoms with Crippen LogP contribution in [0.5, 0.6) is 0 Å². The van der Waals surface area contributed by atoms with Crippen molar-refractivity contribution in [1.82, 2.24) is 10.2 Å². The molecule has 2 fully saturated rings. The number of para-hydroxylation sites is 1. The summed E-state index contributed by atoms with van der Waals surface area (Å²) in [6, 6.07) is 18.3. The number of carbonyl (C=O) groups excluding carboxylic acids is 2. The molecule has 5 heteroatoms. The Hall–Kier alpha value is -2.82. The van der Waals surface area contributed by atoms with Gasteiger partial charge in [0.05, 0.1) is 12.0 Å². The van der Waals surface area contributed by atoms with Crippen molar-refractivity contribution in [3.63, 3.8) is 0 Å². The molecule has 2 aliphatic heterocycles. The maximum Gasteiger partial charge on any atom is 0.251 e. The minimum Gasteiger partial charge on any atom is -0.382 e. The van der Waals surface area contributed by atoms with Gasteiger partial charge in [-0.05, 0) is 49.4 Å². The second-order valence-corrected chi connectivity index (χ2v) is 9.89. The Morgan fingerprint density at radius 1 is 1.00 bits per heavy atom. The highest BCUT2D eigenvalue weighted by Gasteiger charge is 2.47. The number of hydrogen-bond donors (Lipinski definition) is 2.